The van der Waals surface area contributed by atoms with E-state index in [9.17, 15) is 4.79 Å². The van der Waals surface area contributed by atoms with Crippen LogP contribution >= 0.6 is 0 Å². The summed E-state index contributed by atoms with van der Waals surface area (Å²) in [5.74, 6) is 1.11. The molecule has 1 aliphatic rings. The number of ether oxygens (including phenoxy) is 3. The van der Waals surface area contributed by atoms with Crippen molar-refractivity contribution in [3.05, 3.63) is 30.2 Å². The molecule has 1 atom stereocenters. The van der Waals surface area contributed by atoms with Gasteiger partial charge in [0.15, 0.2) is 0 Å². The van der Waals surface area contributed by atoms with E-state index in [1.165, 1.54) is 6.39 Å². The third-order valence-electron chi connectivity index (χ3n) is 4.19. The Morgan fingerprint density at radius 1 is 1.37 bits per heavy atom. The van der Waals surface area contributed by atoms with Gasteiger partial charge in [0.05, 0.1) is 31.9 Å². The number of aromatic nitrogens is 2. The molecular formula is C19H25N3O5. The van der Waals surface area contributed by atoms with E-state index < -0.39 is 5.60 Å². The molecular weight excluding hydrogens is 350 g/mol. The Morgan fingerprint density at radius 3 is 2.85 bits per heavy atom. The first-order valence-electron chi connectivity index (χ1n) is 8.88. The predicted molar refractivity (Wildman–Crippen MR) is 97.5 cm³/mol. The predicted octanol–water partition coefficient (Wildman–Crippen LogP) is 2.92. The van der Waals surface area contributed by atoms with Gasteiger partial charge in [-0.3, -0.25) is 0 Å². The topological polar surface area (TPSA) is 86.9 Å². The Kier molecular flexibility index (Phi) is 5.65. The van der Waals surface area contributed by atoms with Crippen molar-refractivity contribution in [3.63, 3.8) is 0 Å². The lowest BCUT2D eigenvalue weighted by Crippen LogP contribution is -2.51. The molecule has 1 amide bonds. The number of methoxy groups -OCH3 is 1. The molecule has 0 aliphatic carbocycles. The van der Waals surface area contributed by atoms with Crippen LogP contribution < -0.4 is 4.74 Å². The van der Waals surface area contributed by atoms with Crippen molar-refractivity contribution in [3.8, 4) is 17.1 Å². The van der Waals surface area contributed by atoms with Gasteiger partial charge in [-0.1, -0.05) is 11.2 Å². The van der Waals surface area contributed by atoms with Gasteiger partial charge in [-0.2, -0.15) is 4.98 Å². The highest BCUT2D eigenvalue weighted by Crippen LogP contribution is 2.29. The maximum absolute atomic E-state index is 12.6. The summed E-state index contributed by atoms with van der Waals surface area (Å²) in [5, 5.41) is 3.89. The molecule has 146 valence electrons. The van der Waals surface area contributed by atoms with Crippen LogP contribution in [0.5, 0.6) is 5.75 Å². The van der Waals surface area contributed by atoms with E-state index in [-0.39, 0.29) is 12.1 Å². The zero-order valence-corrected chi connectivity index (χ0v) is 16.1. The molecule has 0 radical (unpaired) electrons. The molecule has 1 aromatic carbocycles. The molecule has 1 aromatic heterocycles. The summed E-state index contributed by atoms with van der Waals surface area (Å²) >= 11 is 0. The Hall–Kier alpha value is -2.61. The van der Waals surface area contributed by atoms with Gasteiger partial charge in [0.1, 0.15) is 11.4 Å². The van der Waals surface area contributed by atoms with Crippen LogP contribution in [-0.2, 0) is 15.9 Å². The second-order valence-electron chi connectivity index (χ2n) is 7.40. The fourth-order valence-electron chi connectivity index (χ4n) is 3.00. The summed E-state index contributed by atoms with van der Waals surface area (Å²) in [6, 6.07) is 5.67. The van der Waals surface area contributed by atoms with Crippen LogP contribution in [0.15, 0.2) is 29.1 Å². The minimum atomic E-state index is -0.536. The molecule has 0 spiro atoms. The second-order valence-corrected chi connectivity index (χ2v) is 7.40. The first-order chi connectivity index (χ1) is 12.9. The van der Waals surface area contributed by atoms with E-state index in [0.29, 0.717) is 37.8 Å². The average molecular weight is 375 g/mol. The van der Waals surface area contributed by atoms with Gasteiger partial charge in [0.25, 0.3) is 0 Å². The summed E-state index contributed by atoms with van der Waals surface area (Å²) in [4.78, 5) is 18.4. The quantitative estimate of drug-likeness (QED) is 0.812. The minimum Gasteiger partial charge on any atom is -0.496 e. The van der Waals surface area contributed by atoms with Crippen LogP contribution in [0, 0.1) is 0 Å². The van der Waals surface area contributed by atoms with Gasteiger partial charge < -0.3 is 23.6 Å². The van der Waals surface area contributed by atoms with Gasteiger partial charge in [-0.15, -0.1) is 0 Å². The highest BCUT2D eigenvalue weighted by Gasteiger charge is 2.31. The lowest BCUT2D eigenvalue weighted by atomic mass is 10.0. The molecule has 1 unspecified atom stereocenters. The lowest BCUT2D eigenvalue weighted by molar-refractivity contribution is -0.0319. The van der Waals surface area contributed by atoms with Crippen molar-refractivity contribution in [1.29, 1.82) is 0 Å². The summed E-state index contributed by atoms with van der Waals surface area (Å²) in [6.07, 6.45) is 1.58. The van der Waals surface area contributed by atoms with Gasteiger partial charge in [-0.25, -0.2) is 4.79 Å². The monoisotopic (exact) mass is 375 g/mol. The molecule has 27 heavy (non-hydrogen) atoms. The van der Waals surface area contributed by atoms with Crippen molar-refractivity contribution >= 4 is 6.09 Å². The van der Waals surface area contributed by atoms with E-state index in [4.69, 9.17) is 18.7 Å². The largest absolute Gasteiger partial charge is 0.496 e. The Morgan fingerprint density at radius 2 is 2.19 bits per heavy atom. The van der Waals surface area contributed by atoms with Crippen molar-refractivity contribution in [2.45, 2.75) is 38.8 Å². The molecule has 0 saturated carbocycles. The number of hydrogen-bond acceptors (Lipinski definition) is 7. The summed E-state index contributed by atoms with van der Waals surface area (Å²) in [6.45, 7) is 7.06. The van der Waals surface area contributed by atoms with E-state index >= 15 is 0 Å². The van der Waals surface area contributed by atoms with Crippen molar-refractivity contribution < 1.29 is 23.5 Å². The molecule has 1 saturated heterocycles. The maximum atomic E-state index is 12.6. The van der Waals surface area contributed by atoms with Crippen LogP contribution in [0.2, 0.25) is 0 Å². The first-order valence-corrected chi connectivity index (χ1v) is 8.88. The Balaban J connectivity index is 1.80. The number of carbonyl (C=O) groups is 1. The average Bonchev–Trinajstić information content (AvgIpc) is 3.15. The zero-order chi connectivity index (χ0) is 19.4. The van der Waals surface area contributed by atoms with Crippen LogP contribution in [0.4, 0.5) is 4.79 Å². The maximum Gasteiger partial charge on any atom is 0.410 e. The van der Waals surface area contributed by atoms with Crippen molar-refractivity contribution in [2.24, 2.45) is 0 Å². The fraction of sp³-hybridized carbons (Fsp3) is 0.526. The number of benzene rings is 1. The molecule has 1 fully saturated rings. The van der Waals surface area contributed by atoms with Crippen LogP contribution in [0.25, 0.3) is 11.4 Å². The highest BCUT2D eigenvalue weighted by molar-refractivity contribution is 5.69. The highest BCUT2D eigenvalue weighted by atomic mass is 16.6. The van der Waals surface area contributed by atoms with Gasteiger partial charge in [0, 0.05) is 6.54 Å². The third kappa shape index (κ3) is 4.77. The number of nitrogens with zero attached hydrogens (tertiary/aromatic N) is 3. The van der Waals surface area contributed by atoms with E-state index in [2.05, 4.69) is 10.1 Å². The van der Waals surface area contributed by atoms with Crippen LogP contribution in [-0.4, -0.2) is 59.6 Å². The van der Waals surface area contributed by atoms with E-state index in [1.54, 1.807) is 12.0 Å². The molecule has 0 bridgehead atoms. The van der Waals surface area contributed by atoms with Crippen LogP contribution in [0.3, 0.4) is 0 Å². The number of hydrogen-bond donors (Lipinski definition) is 0. The minimum absolute atomic E-state index is 0.111. The Labute approximate surface area is 158 Å². The molecule has 2 heterocycles. The molecule has 1 aliphatic heterocycles. The third-order valence-corrected chi connectivity index (χ3v) is 4.19. The van der Waals surface area contributed by atoms with Gasteiger partial charge in [0.2, 0.25) is 12.2 Å². The summed E-state index contributed by atoms with van der Waals surface area (Å²) < 4.78 is 21.4. The molecule has 2 aromatic rings. The Bertz CT molecular complexity index is 770. The number of morpholine rings is 1. The lowest BCUT2D eigenvalue weighted by Gasteiger charge is -2.36. The van der Waals surface area contributed by atoms with Crippen molar-refractivity contribution in [2.75, 3.05) is 26.9 Å². The normalized spacial score (nSPS) is 17.6. The molecule has 8 heteroatoms. The first kappa shape index (κ1) is 19.2. The van der Waals surface area contributed by atoms with Gasteiger partial charge in [-0.05, 0) is 44.9 Å². The number of rotatable bonds is 4. The van der Waals surface area contributed by atoms with Crippen molar-refractivity contribution in [1.82, 2.24) is 15.0 Å². The summed E-state index contributed by atoms with van der Waals surface area (Å²) in [5.41, 5.74) is 1.22. The smallest absolute Gasteiger partial charge is 0.410 e. The number of carbonyl (C=O) groups excluding carboxylic acids is 1. The second kappa shape index (κ2) is 7.96. The SMILES string of the molecule is COc1ccc(CC2COCCN2C(=O)OC(C)(C)C)cc1-c1ncon1. The zero-order valence-electron chi connectivity index (χ0n) is 16.1. The van der Waals surface area contributed by atoms with E-state index in [1.807, 2.05) is 39.0 Å². The van der Waals surface area contributed by atoms with Crippen LogP contribution in [0.1, 0.15) is 26.3 Å². The fourth-order valence-corrected chi connectivity index (χ4v) is 3.00. The molecule has 3 rings (SSSR count). The van der Waals surface area contributed by atoms with E-state index in [0.717, 1.165) is 11.1 Å². The standard InChI is InChI=1S/C19H25N3O5/c1-19(2,3)27-18(23)22-7-8-25-11-14(22)9-13-5-6-16(24-4)15(10-13)17-20-12-26-21-17/h5-6,10,12,14H,7-9,11H2,1-4H3. The summed E-state index contributed by atoms with van der Waals surface area (Å²) in [7, 11) is 1.60. The molecule has 8 nitrogen and oxygen atoms in total. The van der Waals surface area contributed by atoms with Gasteiger partial charge >= 0.3 is 6.09 Å². The number of amides is 1. The molecule has 0 N–H and O–H groups in total.